The van der Waals surface area contributed by atoms with Gasteiger partial charge in [-0.3, -0.25) is 4.79 Å². The molecule has 0 spiro atoms. The summed E-state index contributed by atoms with van der Waals surface area (Å²) in [5, 5.41) is 6.14. The van der Waals surface area contributed by atoms with Crippen molar-refractivity contribution >= 4 is 5.91 Å². The van der Waals surface area contributed by atoms with E-state index in [1.54, 1.807) is 0 Å². The summed E-state index contributed by atoms with van der Waals surface area (Å²) in [4.78, 5) is 11.3. The molecule has 1 saturated carbocycles. The van der Waals surface area contributed by atoms with E-state index in [0.29, 0.717) is 18.5 Å². The molecular formula is C11H22N2O. The van der Waals surface area contributed by atoms with E-state index in [9.17, 15) is 4.79 Å². The third-order valence-corrected chi connectivity index (χ3v) is 2.68. The molecule has 82 valence electrons. The minimum Gasteiger partial charge on any atom is -0.355 e. The second-order valence-electron chi connectivity index (χ2n) is 4.73. The Labute approximate surface area is 86.6 Å². The molecule has 0 bridgehead atoms. The maximum atomic E-state index is 11.3. The normalized spacial score (nSPS) is 25.1. The third kappa shape index (κ3) is 4.61. The lowest BCUT2D eigenvalue weighted by Gasteiger charge is -2.07. The number of nitrogens with one attached hydrogen (secondary N) is 2. The Balaban J connectivity index is 1.93. The molecule has 14 heavy (non-hydrogen) atoms. The van der Waals surface area contributed by atoms with Crippen LogP contribution in [0.25, 0.3) is 0 Å². The van der Waals surface area contributed by atoms with Crippen molar-refractivity contribution in [3.8, 4) is 0 Å². The molecule has 0 aliphatic heterocycles. The topological polar surface area (TPSA) is 41.1 Å². The van der Waals surface area contributed by atoms with E-state index >= 15 is 0 Å². The molecule has 3 heteroatoms. The first-order valence-electron chi connectivity index (χ1n) is 5.59. The van der Waals surface area contributed by atoms with Gasteiger partial charge < -0.3 is 10.6 Å². The SMILES string of the molecule is CC(C)CCNC(=O)CNC1CC1C. The number of carbonyl (C=O) groups is 1. The highest BCUT2D eigenvalue weighted by Crippen LogP contribution is 2.28. The Hall–Kier alpha value is -0.570. The van der Waals surface area contributed by atoms with Crippen LogP contribution in [0.3, 0.4) is 0 Å². The standard InChI is InChI=1S/C11H22N2O/c1-8(2)4-5-12-11(14)7-13-10-6-9(10)3/h8-10,13H,4-7H2,1-3H3,(H,12,14). The van der Waals surface area contributed by atoms with E-state index in [-0.39, 0.29) is 5.91 Å². The van der Waals surface area contributed by atoms with Gasteiger partial charge in [-0.15, -0.1) is 0 Å². The molecule has 0 heterocycles. The van der Waals surface area contributed by atoms with Gasteiger partial charge in [0.05, 0.1) is 6.54 Å². The van der Waals surface area contributed by atoms with E-state index < -0.39 is 0 Å². The van der Waals surface area contributed by atoms with Gasteiger partial charge in [-0.25, -0.2) is 0 Å². The molecule has 0 radical (unpaired) electrons. The quantitative estimate of drug-likeness (QED) is 0.672. The molecule has 1 rings (SSSR count). The molecule has 0 aromatic heterocycles. The highest BCUT2D eigenvalue weighted by molar-refractivity contribution is 5.78. The summed E-state index contributed by atoms with van der Waals surface area (Å²) in [6.45, 7) is 7.81. The van der Waals surface area contributed by atoms with Crippen LogP contribution in [-0.2, 0) is 4.79 Å². The van der Waals surface area contributed by atoms with Gasteiger partial charge in [0, 0.05) is 12.6 Å². The number of amides is 1. The highest BCUT2D eigenvalue weighted by atomic mass is 16.1. The van der Waals surface area contributed by atoms with E-state index in [2.05, 4.69) is 31.4 Å². The second-order valence-corrected chi connectivity index (χ2v) is 4.73. The molecule has 0 aromatic rings. The first-order valence-corrected chi connectivity index (χ1v) is 5.59. The Bertz CT molecular complexity index is 192. The lowest BCUT2D eigenvalue weighted by atomic mass is 10.1. The predicted octanol–water partition coefficient (Wildman–Crippen LogP) is 1.15. The van der Waals surface area contributed by atoms with E-state index in [4.69, 9.17) is 0 Å². The molecule has 1 fully saturated rings. The minimum absolute atomic E-state index is 0.129. The van der Waals surface area contributed by atoms with Crippen LogP contribution in [0.4, 0.5) is 0 Å². The van der Waals surface area contributed by atoms with Gasteiger partial charge in [0.1, 0.15) is 0 Å². The number of hydrogen-bond acceptors (Lipinski definition) is 2. The van der Waals surface area contributed by atoms with Crippen LogP contribution in [0.15, 0.2) is 0 Å². The number of hydrogen-bond donors (Lipinski definition) is 2. The van der Waals surface area contributed by atoms with Crippen molar-refractivity contribution in [1.29, 1.82) is 0 Å². The summed E-state index contributed by atoms with van der Waals surface area (Å²) in [6.07, 6.45) is 2.28. The summed E-state index contributed by atoms with van der Waals surface area (Å²) < 4.78 is 0. The Morgan fingerprint density at radius 3 is 2.64 bits per heavy atom. The second kappa shape index (κ2) is 5.35. The lowest BCUT2D eigenvalue weighted by molar-refractivity contribution is -0.120. The summed E-state index contributed by atoms with van der Waals surface area (Å²) in [5.41, 5.74) is 0. The van der Waals surface area contributed by atoms with Gasteiger partial charge >= 0.3 is 0 Å². The maximum Gasteiger partial charge on any atom is 0.233 e. The van der Waals surface area contributed by atoms with Crippen molar-refractivity contribution < 1.29 is 4.79 Å². The summed E-state index contributed by atoms with van der Waals surface area (Å²) >= 11 is 0. The van der Waals surface area contributed by atoms with E-state index in [0.717, 1.165) is 18.9 Å². The molecule has 1 aliphatic rings. The fourth-order valence-electron chi connectivity index (χ4n) is 1.39. The number of carbonyl (C=O) groups excluding carboxylic acids is 1. The Kier molecular flexibility index (Phi) is 4.39. The predicted molar refractivity (Wildman–Crippen MR) is 58.0 cm³/mol. The average Bonchev–Trinajstić information content (AvgIpc) is 2.78. The highest BCUT2D eigenvalue weighted by Gasteiger charge is 2.31. The average molecular weight is 198 g/mol. The van der Waals surface area contributed by atoms with Crippen molar-refractivity contribution in [1.82, 2.24) is 10.6 Å². The molecule has 2 unspecified atom stereocenters. The molecular weight excluding hydrogens is 176 g/mol. The van der Waals surface area contributed by atoms with Gasteiger partial charge in [-0.1, -0.05) is 20.8 Å². The van der Waals surface area contributed by atoms with Crippen molar-refractivity contribution in [3.63, 3.8) is 0 Å². The van der Waals surface area contributed by atoms with Gasteiger partial charge in [-0.2, -0.15) is 0 Å². The van der Waals surface area contributed by atoms with Crippen LogP contribution in [0, 0.1) is 11.8 Å². The molecule has 2 atom stereocenters. The summed E-state index contributed by atoms with van der Waals surface area (Å²) in [5.74, 6) is 1.55. The van der Waals surface area contributed by atoms with Crippen LogP contribution >= 0.6 is 0 Å². The zero-order valence-corrected chi connectivity index (χ0v) is 9.47. The van der Waals surface area contributed by atoms with Crippen molar-refractivity contribution in [2.75, 3.05) is 13.1 Å². The molecule has 1 aliphatic carbocycles. The third-order valence-electron chi connectivity index (χ3n) is 2.68. The summed E-state index contributed by atoms with van der Waals surface area (Å²) in [7, 11) is 0. The van der Waals surface area contributed by atoms with Crippen LogP contribution in [0.5, 0.6) is 0 Å². The van der Waals surface area contributed by atoms with Crippen LogP contribution in [-0.4, -0.2) is 25.0 Å². The van der Waals surface area contributed by atoms with Gasteiger partial charge in [0.2, 0.25) is 5.91 Å². The zero-order chi connectivity index (χ0) is 10.6. The fraction of sp³-hybridized carbons (Fsp3) is 0.909. The molecule has 3 nitrogen and oxygen atoms in total. The van der Waals surface area contributed by atoms with Crippen molar-refractivity contribution in [2.45, 2.75) is 39.7 Å². The van der Waals surface area contributed by atoms with Crippen molar-refractivity contribution in [2.24, 2.45) is 11.8 Å². The van der Waals surface area contributed by atoms with E-state index in [1.165, 1.54) is 6.42 Å². The van der Waals surface area contributed by atoms with Gasteiger partial charge in [-0.05, 0) is 24.7 Å². The molecule has 0 aromatic carbocycles. The monoisotopic (exact) mass is 198 g/mol. The zero-order valence-electron chi connectivity index (χ0n) is 9.47. The van der Waals surface area contributed by atoms with Crippen LogP contribution < -0.4 is 10.6 Å². The summed E-state index contributed by atoms with van der Waals surface area (Å²) in [6, 6.07) is 0.589. The van der Waals surface area contributed by atoms with Crippen LogP contribution in [0.1, 0.15) is 33.6 Å². The van der Waals surface area contributed by atoms with Gasteiger partial charge in [0.25, 0.3) is 0 Å². The largest absolute Gasteiger partial charge is 0.355 e. The minimum atomic E-state index is 0.129. The molecule has 2 N–H and O–H groups in total. The smallest absolute Gasteiger partial charge is 0.233 e. The lowest BCUT2D eigenvalue weighted by Crippen LogP contribution is -2.35. The van der Waals surface area contributed by atoms with Gasteiger partial charge in [0.15, 0.2) is 0 Å². The molecule has 1 amide bonds. The fourth-order valence-corrected chi connectivity index (χ4v) is 1.39. The first-order chi connectivity index (χ1) is 6.59. The Morgan fingerprint density at radius 2 is 2.14 bits per heavy atom. The van der Waals surface area contributed by atoms with Crippen LogP contribution in [0.2, 0.25) is 0 Å². The van der Waals surface area contributed by atoms with Crippen molar-refractivity contribution in [3.05, 3.63) is 0 Å². The number of rotatable bonds is 6. The van der Waals surface area contributed by atoms with E-state index in [1.807, 2.05) is 0 Å². The maximum absolute atomic E-state index is 11.3. The Morgan fingerprint density at radius 1 is 1.50 bits per heavy atom. The first kappa shape index (κ1) is 11.5. The molecule has 0 saturated heterocycles.